The number of anilines is 1. The van der Waals surface area contributed by atoms with Crippen LogP contribution in [-0.2, 0) is 21.8 Å². The molecule has 12 heteroatoms. The summed E-state index contributed by atoms with van der Waals surface area (Å²) in [7, 11) is -1.91. The lowest BCUT2D eigenvalue weighted by Crippen LogP contribution is -2.51. The van der Waals surface area contributed by atoms with Gasteiger partial charge in [0.25, 0.3) is 15.9 Å². The molecule has 0 unspecified atom stereocenters. The highest BCUT2D eigenvalue weighted by Crippen LogP contribution is 2.28. The summed E-state index contributed by atoms with van der Waals surface area (Å²) in [6.45, 7) is 9.01. The van der Waals surface area contributed by atoms with E-state index in [1.807, 2.05) is 57.5 Å². The molecule has 1 saturated heterocycles. The van der Waals surface area contributed by atoms with Gasteiger partial charge in [0.15, 0.2) is 0 Å². The standard InChI is InChI=1S/C31H35N5O6S/c1-21-6-10-25(11-7-21)43(39,40)33-23-8-13-28(32-20-23)41-24-9-12-26-22(18-24)19-27(34(26)5)29(37)35-14-16-36(17-15-35)30(38)42-31(2,3)4/h6-13,18-20,33H,14-17H2,1-5H3. The lowest BCUT2D eigenvalue weighted by molar-refractivity contribution is 0.0139. The quantitative estimate of drug-likeness (QED) is 0.322. The fourth-order valence-corrected chi connectivity index (χ4v) is 5.77. The average Bonchev–Trinajstić information content (AvgIpc) is 3.28. The third kappa shape index (κ3) is 6.91. The first-order chi connectivity index (χ1) is 20.3. The van der Waals surface area contributed by atoms with Crippen LogP contribution in [0.25, 0.3) is 10.9 Å². The molecule has 43 heavy (non-hydrogen) atoms. The molecule has 2 aromatic heterocycles. The number of rotatable bonds is 6. The zero-order valence-electron chi connectivity index (χ0n) is 24.8. The molecule has 4 aromatic rings. The van der Waals surface area contributed by atoms with Crippen molar-refractivity contribution in [1.29, 1.82) is 0 Å². The Morgan fingerprint density at radius 1 is 0.907 bits per heavy atom. The number of sulfonamides is 1. The molecule has 0 aliphatic carbocycles. The summed E-state index contributed by atoms with van der Waals surface area (Å²) >= 11 is 0. The molecule has 2 aromatic carbocycles. The van der Waals surface area contributed by atoms with Gasteiger partial charge in [-0.1, -0.05) is 17.7 Å². The van der Waals surface area contributed by atoms with E-state index in [-0.39, 0.29) is 22.8 Å². The van der Waals surface area contributed by atoms with E-state index in [1.165, 1.54) is 6.20 Å². The second-order valence-electron chi connectivity index (χ2n) is 11.5. The van der Waals surface area contributed by atoms with E-state index < -0.39 is 15.6 Å². The van der Waals surface area contributed by atoms with E-state index in [1.54, 1.807) is 52.3 Å². The fourth-order valence-electron chi connectivity index (χ4n) is 4.73. The van der Waals surface area contributed by atoms with Crippen LogP contribution in [-0.4, -0.2) is 71.5 Å². The minimum absolute atomic E-state index is 0.115. The zero-order valence-corrected chi connectivity index (χ0v) is 25.6. The van der Waals surface area contributed by atoms with Crippen molar-refractivity contribution in [3.05, 3.63) is 78.1 Å². The predicted molar refractivity (Wildman–Crippen MR) is 163 cm³/mol. The molecule has 1 aliphatic rings. The van der Waals surface area contributed by atoms with E-state index in [0.717, 1.165) is 16.5 Å². The summed E-state index contributed by atoms with van der Waals surface area (Å²) in [6.07, 6.45) is 1.02. The molecule has 0 bridgehead atoms. The summed E-state index contributed by atoms with van der Waals surface area (Å²) in [5.74, 6) is 0.687. The van der Waals surface area contributed by atoms with Gasteiger partial charge in [-0.15, -0.1) is 0 Å². The molecule has 3 heterocycles. The number of ether oxygens (including phenoxy) is 2. The molecule has 0 saturated carbocycles. The second-order valence-corrected chi connectivity index (χ2v) is 13.2. The monoisotopic (exact) mass is 605 g/mol. The zero-order chi connectivity index (χ0) is 30.9. The number of fused-ring (bicyclic) bond motifs is 1. The van der Waals surface area contributed by atoms with Crippen LogP contribution in [0.3, 0.4) is 0 Å². The van der Waals surface area contributed by atoms with Crippen molar-refractivity contribution >= 4 is 38.6 Å². The Bertz CT molecular complexity index is 1750. The van der Waals surface area contributed by atoms with Gasteiger partial charge >= 0.3 is 6.09 Å². The summed E-state index contributed by atoms with van der Waals surface area (Å²) in [5.41, 5.74) is 2.09. The number of amides is 2. The molecule has 226 valence electrons. The Morgan fingerprint density at radius 2 is 1.58 bits per heavy atom. The van der Waals surface area contributed by atoms with Crippen LogP contribution in [0, 0.1) is 6.92 Å². The molecule has 0 radical (unpaired) electrons. The molecular formula is C31H35N5O6S. The minimum atomic E-state index is -3.74. The van der Waals surface area contributed by atoms with Crippen LogP contribution < -0.4 is 9.46 Å². The Kier molecular flexibility index (Phi) is 8.06. The Hall–Kier alpha value is -4.58. The number of hydrogen-bond donors (Lipinski definition) is 1. The Labute approximate surface area is 251 Å². The number of carbonyl (C=O) groups excluding carboxylic acids is 2. The first-order valence-corrected chi connectivity index (χ1v) is 15.4. The van der Waals surface area contributed by atoms with E-state index in [2.05, 4.69) is 9.71 Å². The van der Waals surface area contributed by atoms with Gasteiger partial charge in [0, 0.05) is 50.2 Å². The van der Waals surface area contributed by atoms with Crippen LogP contribution >= 0.6 is 0 Å². The van der Waals surface area contributed by atoms with Crippen molar-refractivity contribution in [2.45, 2.75) is 38.2 Å². The van der Waals surface area contributed by atoms with E-state index in [0.29, 0.717) is 43.3 Å². The highest BCUT2D eigenvalue weighted by Gasteiger charge is 2.29. The normalized spacial score (nSPS) is 14.1. The molecule has 0 spiro atoms. The maximum Gasteiger partial charge on any atom is 0.410 e. The number of piperazine rings is 1. The predicted octanol–water partition coefficient (Wildman–Crippen LogP) is 5.17. The Balaban J connectivity index is 1.23. The summed E-state index contributed by atoms with van der Waals surface area (Å²) in [6, 6.07) is 17.0. The van der Waals surface area contributed by atoms with Gasteiger partial charge in [0.05, 0.1) is 16.8 Å². The van der Waals surface area contributed by atoms with Gasteiger partial charge < -0.3 is 23.8 Å². The maximum absolute atomic E-state index is 13.4. The van der Waals surface area contributed by atoms with Crippen molar-refractivity contribution in [2.24, 2.45) is 7.05 Å². The number of nitrogens with one attached hydrogen (secondary N) is 1. The van der Waals surface area contributed by atoms with Crippen molar-refractivity contribution in [3.63, 3.8) is 0 Å². The van der Waals surface area contributed by atoms with Crippen molar-refractivity contribution in [2.75, 3.05) is 30.9 Å². The number of aromatic nitrogens is 2. The maximum atomic E-state index is 13.4. The number of carbonyl (C=O) groups is 2. The first kappa shape index (κ1) is 29.9. The molecule has 1 aliphatic heterocycles. The van der Waals surface area contributed by atoms with E-state index in [4.69, 9.17) is 9.47 Å². The minimum Gasteiger partial charge on any atom is -0.444 e. The van der Waals surface area contributed by atoms with Crippen molar-refractivity contribution < 1.29 is 27.5 Å². The average molecular weight is 606 g/mol. The third-order valence-corrected chi connectivity index (χ3v) is 8.39. The van der Waals surface area contributed by atoms with E-state index >= 15 is 0 Å². The lowest BCUT2D eigenvalue weighted by atomic mass is 10.2. The van der Waals surface area contributed by atoms with Gasteiger partial charge in [-0.05, 0) is 70.2 Å². The van der Waals surface area contributed by atoms with Crippen molar-refractivity contribution in [3.8, 4) is 11.6 Å². The molecular weight excluding hydrogens is 570 g/mol. The second kappa shape index (κ2) is 11.6. The Morgan fingerprint density at radius 3 is 2.21 bits per heavy atom. The molecule has 1 N–H and O–H groups in total. The molecule has 0 atom stereocenters. The van der Waals surface area contributed by atoms with Gasteiger partial charge in [-0.3, -0.25) is 9.52 Å². The van der Waals surface area contributed by atoms with Crippen LogP contribution in [0.4, 0.5) is 10.5 Å². The number of pyridine rings is 1. The highest BCUT2D eigenvalue weighted by atomic mass is 32.2. The highest BCUT2D eigenvalue weighted by molar-refractivity contribution is 7.92. The van der Waals surface area contributed by atoms with Crippen LogP contribution in [0.2, 0.25) is 0 Å². The largest absolute Gasteiger partial charge is 0.444 e. The first-order valence-electron chi connectivity index (χ1n) is 13.9. The lowest BCUT2D eigenvalue weighted by Gasteiger charge is -2.35. The smallest absolute Gasteiger partial charge is 0.410 e. The van der Waals surface area contributed by atoms with Gasteiger partial charge in [-0.2, -0.15) is 0 Å². The van der Waals surface area contributed by atoms with Crippen LogP contribution in [0.1, 0.15) is 36.8 Å². The van der Waals surface area contributed by atoms with Crippen LogP contribution in [0.15, 0.2) is 71.8 Å². The number of hydrogen-bond acceptors (Lipinski definition) is 7. The summed E-state index contributed by atoms with van der Waals surface area (Å²) in [4.78, 5) is 33.5. The van der Waals surface area contributed by atoms with Gasteiger partial charge in [-0.25, -0.2) is 18.2 Å². The van der Waals surface area contributed by atoms with Gasteiger partial charge in [0.1, 0.15) is 17.0 Å². The van der Waals surface area contributed by atoms with Gasteiger partial charge in [0.2, 0.25) is 5.88 Å². The number of aryl methyl sites for hydroxylation is 2. The molecule has 11 nitrogen and oxygen atoms in total. The summed E-state index contributed by atoms with van der Waals surface area (Å²) < 4.78 is 41.1. The third-order valence-electron chi connectivity index (χ3n) is 6.99. The topological polar surface area (TPSA) is 123 Å². The number of benzene rings is 2. The SMILES string of the molecule is Cc1ccc(S(=O)(=O)Nc2ccc(Oc3ccc4c(c3)cc(C(=O)N3CCN(C(=O)OC(C)(C)C)CC3)n4C)nc2)cc1. The fraction of sp³-hybridized carbons (Fsp3) is 0.323. The summed E-state index contributed by atoms with van der Waals surface area (Å²) in [5, 5.41) is 0.818. The molecule has 1 fully saturated rings. The van der Waals surface area contributed by atoms with E-state index in [9.17, 15) is 18.0 Å². The molecule has 5 rings (SSSR count). The molecule has 2 amide bonds. The number of nitrogens with zero attached hydrogens (tertiary/aromatic N) is 4. The van der Waals surface area contributed by atoms with Crippen molar-refractivity contribution in [1.82, 2.24) is 19.4 Å². The van der Waals surface area contributed by atoms with Crippen LogP contribution in [0.5, 0.6) is 11.6 Å².